The molecule has 3 heteroatoms. The van der Waals surface area contributed by atoms with Crippen molar-refractivity contribution in [2.75, 3.05) is 0 Å². The zero-order valence-corrected chi connectivity index (χ0v) is 27.0. The molecule has 8 aromatic carbocycles. The first-order chi connectivity index (χ1) is 24.8. The number of nitrogens with zero attached hydrogens (tertiary/aromatic N) is 2. The highest BCUT2D eigenvalue weighted by molar-refractivity contribution is 6.02. The van der Waals surface area contributed by atoms with Crippen LogP contribution in [0.5, 0.6) is 11.5 Å². The minimum Gasteiger partial charge on any atom is -0.455 e. The van der Waals surface area contributed by atoms with Crippen LogP contribution in [-0.2, 0) is 5.41 Å². The standard InChI is InChI=1S/C47H28N2O/c1-2-15-31(16-3-1)43-36-20-9-11-24-41(36)48-46(49-43)37-22-12-21-35-34-19-8-10-23-38(34)47(42(35)37)39-27-25-29-13-4-6-17-32(29)44(39)50-45-33-18-7-5-14-30(33)26-28-40(45)47/h1-28H. The lowest BCUT2D eigenvalue weighted by atomic mass is 9.64. The summed E-state index contributed by atoms with van der Waals surface area (Å²) in [5, 5.41) is 5.53. The Bertz CT molecular complexity index is 2770. The Balaban J connectivity index is 1.32. The molecule has 0 saturated carbocycles. The summed E-state index contributed by atoms with van der Waals surface area (Å²) in [6.07, 6.45) is 0. The Morgan fingerprint density at radius 1 is 0.400 bits per heavy atom. The number of ether oxygens (including phenoxy) is 1. The molecule has 1 spiro atoms. The highest BCUT2D eigenvalue weighted by Crippen LogP contribution is 2.65. The number of hydrogen-bond acceptors (Lipinski definition) is 3. The third kappa shape index (κ3) is 3.58. The zero-order chi connectivity index (χ0) is 32.8. The monoisotopic (exact) mass is 636 g/mol. The molecule has 2 heterocycles. The predicted octanol–water partition coefficient (Wildman–Crippen LogP) is 11.7. The summed E-state index contributed by atoms with van der Waals surface area (Å²) < 4.78 is 7.17. The number of fused-ring (bicyclic) bond motifs is 14. The maximum absolute atomic E-state index is 7.17. The molecule has 1 aromatic heterocycles. The molecular weight excluding hydrogens is 609 g/mol. The molecule has 1 aliphatic carbocycles. The second-order valence-electron chi connectivity index (χ2n) is 13.2. The highest BCUT2D eigenvalue weighted by Gasteiger charge is 2.53. The summed E-state index contributed by atoms with van der Waals surface area (Å²) in [5.74, 6) is 2.50. The van der Waals surface area contributed by atoms with Gasteiger partial charge in [0.2, 0.25) is 0 Å². The van der Waals surface area contributed by atoms with E-state index in [1.165, 1.54) is 22.3 Å². The summed E-state index contributed by atoms with van der Waals surface area (Å²) in [7, 11) is 0. The zero-order valence-electron chi connectivity index (χ0n) is 27.0. The molecule has 0 amide bonds. The lowest BCUT2D eigenvalue weighted by Crippen LogP contribution is -2.33. The lowest BCUT2D eigenvalue weighted by molar-refractivity contribution is 0.447. The van der Waals surface area contributed by atoms with Crippen LogP contribution in [0.1, 0.15) is 22.3 Å². The van der Waals surface area contributed by atoms with Gasteiger partial charge >= 0.3 is 0 Å². The number of aromatic nitrogens is 2. The molecule has 9 aromatic rings. The first kappa shape index (κ1) is 27.4. The molecule has 0 bridgehead atoms. The first-order valence-electron chi connectivity index (χ1n) is 17.1. The third-order valence-corrected chi connectivity index (χ3v) is 10.7. The van der Waals surface area contributed by atoms with E-state index in [0.717, 1.165) is 71.9 Å². The number of hydrogen-bond donors (Lipinski definition) is 0. The van der Waals surface area contributed by atoms with E-state index in [1.54, 1.807) is 0 Å². The van der Waals surface area contributed by atoms with Gasteiger partial charge in [-0.2, -0.15) is 0 Å². The predicted molar refractivity (Wildman–Crippen MR) is 203 cm³/mol. The quantitative estimate of drug-likeness (QED) is 0.189. The Labute approximate surface area is 289 Å². The molecule has 0 atom stereocenters. The Morgan fingerprint density at radius 3 is 1.72 bits per heavy atom. The van der Waals surface area contributed by atoms with E-state index in [0.29, 0.717) is 5.82 Å². The molecule has 50 heavy (non-hydrogen) atoms. The van der Waals surface area contributed by atoms with Gasteiger partial charge in [-0.05, 0) is 39.1 Å². The van der Waals surface area contributed by atoms with Gasteiger partial charge in [0.1, 0.15) is 11.5 Å². The first-order valence-corrected chi connectivity index (χ1v) is 17.1. The summed E-state index contributed by atoms with van der Waals surface area (Å²) in [4.78, 5) is 10.7. The Hall–Kier alpha value is -6.58. The molecule has 0 unspecified atom stereocenters. The Morgan fingerprint density at radius 2 is 0.980 bits per heavy atom. The molecular formula is C47H28N2O. The van der Waals surface area contributed by atoms with Gasteiger partial charge in [0.05, 0.1) is 16.6 Å². The molecule has 11 rings (SSSR count). The second kappa shape index (κ2) is 10.2. The van der Waals surface area contributed by atoms with Crippen molar-refractivity contribution in [3.8, 4) is 45.3 Å². The van der Waals surface area contributed by atoms with E-state index in [-0.39, 0.29) is 0 Å². The van der Waals surface area contributed by atoms with Crippen LogP contribution in [0, 0.1) is 0 Å². The van der Waals surface area contributed by atoms with Crippen LogP contribution in [0.3, 0.4) is 0 Å². The maximum Gasteiger partial charge on any atom is 0.160 e. The van der Waals surface area contributed by atoms with E-state index in [1.807, 2.05) is 6.07 Å². The largest absolute Gasteiger partial charge is 0.455 e. The topological polar surface area (TPSA) is 35.0 Å². The van der Waals surface area contributed by atoms with E-state index >= 15 is 0 Å². The van der Waals surface area contributed by atoms with Crippen molar-refractivity contribution in [3.63, 3.8) is 0 Å². The van der Waals surface area contributed by atoms with E-state index in [2.05, 4.69) is 164 Å². The summed E-state index contributed by atoms with van der Waals surface area (Å²) in [5.41, 5.74) is 10.3. The minimum atomic E-state index is -0.693. The van der Waals surface area contributed by atoms with Crippen molar-refractivity contribution in [1.29, 1.82) is 0 Å². The van der Waals surface area contributed by atoms with Crippen LogP contribution in [0.25, 0.3) is 66.2 Å². The summed E-state index contributed by atoms with van der Waals surface area (Å²) in [6.45, 7) is 0. The highest BCUT2D eigenvalue weighted by atomic mass is 16.5. The van der Waals surface area contributed by atoms with Gasteiger partial charge in [-0.3, -0.25) is 0 Å². The molecule has 3 nitrogen and oxygen atoms in total. The van der Waals surface area contributed by atoms with Crippen LogP contribution in [0.15, 0.2) is 170 Å². The second-order valence-corrected chi connectivity index (χ2v) is 13.2. The van der Waals surface area contributed by atoms with Crippen LogP contribution in [-0.4, -0.2) is 9.97 Å². The fourth-order valence-electron chi connectivity index (χ4n) is 8.66. The van der Waals surface area contributed by atoms with E-state index in [9.17, 15) is 0 Å². The lowest BCUT2D eigenvalue weighted by Gasteiger charge is -2.41. The van der Waals surface area contributed by atoms with Crippen molar-refractivity contribution in [1.82, 2.24) is 9.97 Å². The summed E-state index contributed by atoms with van der Waals surface area (Å²) >= 11 is 0. The van der Waals surface area contributed by atoms with Gasteiger partial charge in [-0.15, -0.1) is 0 Å². The van der Waals surface area contributed by atoms with Crippen LogP contribution in [0.4, 0.5) is 0 Å². The van der Waals surface area contributed by atoms with Gasteiger partial charge in [-0.25, -0.2) is 9.97 Å². The molecule has 0 N–H and O–H groups in total. The van der Waals surface area contributed by atoms with Gasteiger partial charge in [-0.1, -0.05) is 164 Å². The molecule has 2 aliphatic rings. The Kier molecular flexibility index (Phi) is 5.59. The van der Waals surface area contributed by atoms with Gasteiger partial charge in [0, 0.05) is 38.4 Å². The van der Waals surface area contributed by atoms with Gasteiger partial charge < -0.3 is 4.74 Å². The maximum atomic E-state index is 7.17. The normalized spacial score (nSPS) is 13.5. The van der Waals surface area contributed by atoms with Crippen LogP contribution in [0.2, 0.25) is 0 Å². The SMILES string of the molecule is c1ccc(-c2nc(-c3cccc4c3C3(c5ccccc5-4)c4ccc5ccccc5c4Oc4c3ccc3ccccc43)nc3ccccc23)cc1. The van der Waals surface area contributed by atoms with E-state index < -0.39 is 5.41 Å². The molecule has 0 radical (unpaired) electrons. The molecule has 232 valence electrons. The summed E-state index contributed by atoms with van der Waals surface area (Å²) in [6, 6.07) is 60.5. The van der Waals surface area contributed by atoms with Crippen molar-refractivity contribution < 1.29 is 4.74 Å². The minimum absolute atomic E-state index is 0.693. The average molecular weight is 637 g/mol. The molecule has 1 aliphatic heterocycles. The van der Waals surface area contributed by atoms with E-state index in [4.69, 9.17) is 14.7 Å². The van der Waals surface area contributed by atoms with Crippen molar-refractivity contribution in [2.24, 2.45) is 0 Å². The fraction of sp³-hybridized carbons (Fsp3) is 0.0213. The van der Waals surface area contributed by atoms with Crippen molar-refractivity contribution >= 4 is 32.4 Å². The van der Waals surface area contributed by atoms with Gasteiger partial charge in [0.25, 0.3) is 0 Å². The van der Waals surface area contributed by atoms with Crippen molar-refractivity contribution in [3.05, 3.63) is 192 Å². The van der Waals surface area contributed by atoms with Crippen molar-refractivity contribution in [2.45, 2.75) is 5.41 Å². The van der Waals surface area contributed by atoms with Crippen LogP contribution >= 0.6 is 0 Å². The van der Waals surface area contributed by atoms with Crippen LogP contribution < -0.4 is 4.74 Å². The average Bonchev–Trinajstić information content (AvgIpc) is 3.48. The smallest absolute Gasteiger partial charge is 0.160 e. The third-order valence-electron chi connectivity index (χ3n) is 10.7. The number of rotatable bonds is 2. The molecule has 0 saturated heterocycles. The van der Waals surface area contributed by atoms with Gasteiger partial charge in [0.15, 0.2) is 5.82 Å². The number of benzene rings is 8. The fourth-order valence-corrected chi connectivity index (χ4v) is 8.66. The molecule has 0 fully saturated rings. The number of para-hydroxylation sites is 1.